The van der Waals surface area contributed by atoms with Gasteiger partial charge in [-0.3, -0.25) is 4.79 Å². The minimum Gasteiger partial charge on any atom is -0.457 e. The number of amides is 1. The number of benzene rings is 3. The molecule has 0 unspecified atom stereocenters. The van der Waals surface area contributed by atoms with Crippen LogP contribution in [0.25, 0.3) is 16.5 Å². The van der Waals surface area contributed by atoms with E-state index in [9.17, 15) is 14.3 Å². The minimum absolute atomic E-state index is 0.343. The molecule has 35 heavy (non-hydrogen) atoms. The van der Waals surface area contributed by atoms with E-state index < -0.39 is 17.3 Å². The second-order valence-electron chi connectivity index (χ2n) is 8.47. The molecule has 0 aliphatic carbocycles. The summed E-state index contributed by atoms with van der Waals surface area (Å²) < 4.78 is 19.3. The molecule has 4 aromatic rings. The van der Waals surface area contributed by atoms with Gasteiger partial charge in [0.05, 0.1) is 11.1 Å². The lowest BCUT2D eigenvalue weighted by Gasteiger charge is -2.23. The molecule has 1 amide bonds. The standard InChI is InChI=1S/C27H25FN4O3/c1-4-20(25(29)33)16-8-10-23-21(12-16)26(31-15-30-23)32-24-11-9-19(14-22(24)27(2,3)34)35-18-7-5-6-17(28)13-18/h4-15,34H,1-3H3,(H2,29,33)(H,30,31,32). The van der Waals surface area contributed by atoms with Crippen molar-refractivity contribution in [3.63, 3.8) is 0 Å². The molecular weight excluding hydrogens is 447 g/mol. The molecule has 7 nitrogen and oxygen atoms in total. The van der Waals surface area contributed by atoms with Gasteiger partial charge in [-0.25, -0.2) is 14.4 Å². The van der Waals surface area contributed by atoms with E-state index in [1.54, 1.807) is 75.4 Å². The number of ether oxygens (including phenoxy) is 1. The van der Waals surface area contributed by atoms with E-state index in [0.29, 0.717) is 50.6 Å². The van der Waals surface area contributed by atoms with E-state index >= 15 is 0 Å². The number of hydrogen-bond donors (Lipinski definition) is 3. The van der Waals surface area contributed by atoms with Gasteiger partial charge in [0.1, 0.15) is 29.5 Å². The highest BCUT2D eigenvalue weighted by molar-refractivity contribution is 6.19. The predicted molar refractivity (Wildman–Crippen MR) is 134 cm³/mol. The van der Waals surface area contributed by atoms with Gasteiger partial charge in [-0.1, -0.05) is 18.2 Å². The fraction of sp³-hybridized carbons (Fsp3) is 0.148. The van der Waals surface area contributed by atoms with Gasteiger partial charge in [-0.2, -0.15) is 0 Å². The van der Waals surface area contributed by atoms with Crippen LogP contribution in [0.5, 0.6) is 11.5 Å². The molecule has 1 heterocycles. The van der Waals surface area contributed by atoms with Gasteiger partial charge < -0.3 is 20.9 Å². The van der Waals surface area contributed by atoms with Crippen molar-refractivity contribution in [2.24, 2.45) is 5.73 Å². The number of nitrogens with zero attached hydrogens (tertiary/aromatic N) is 2. The number of fused-ring (bicyclic) bond motifs is 1. The third-order valence-corrected chi connectivity index (χ3v) is 5.44. The van der Waals surface area contributed by atoms with E-state index in [4.69, 9.17) is 10.5 Å². The zero-order valence-electron chi connectivity index (χ0n) is 19.5. The average Bonchev–Trinajstić information content (AvgIpc) is 2.80. The lowest BCUT2D eigenvalue weighted by molar-refractivity contribution is -0.112. The maximum absolute atomic E-state index is 13.5. The first-order valence-corrected chi connectivity index (χ1v) is 10.9. The molecule has 0 saturated heterocycles. The van der Waals surface area contributed by atoms with Crippen molar-refractivity contribution in [3.05, 3.63) is 90.0 Å². The summed E-state index contributed by atoms with van der Waals surface area (Å²) in [5.41, 5.74) is 7.12. The van der Waals surface area contributed by atoms with Crippen LogP contribution in [0.1, 0.15) is 31.9 Å². The van der Waals surface area contributed by atoms with E-state index in [1.165, 1.54) is 18.5 Å². The van der Waals surface area contributed by atoms with Crippen molar-refractivity contribution in [2.75, 3.05) is 5.32 Å². The average molecular weight is 473 g/mol. The van der Waals surface area contributed by atoms with Gasteiger partial charge in [0.15, 0.2) is 0 Å². The molecule has 4 N–H and O–H groups in total. The second-order valence-corrected chi connectivity index (χ2v) is 8.47. The molecular formula is C27H25FN4O3. The highest BCUT2D eigenvalue weighted by atomic mass is 19.1. The first kappa shape index (κ1) is 23.8. The number of nitrogens with one attached hydrogen (secondary N) is 1. The predicted octanol–water partition coefficient (Wildman–Crippen LogP) is 5.42. The Morgan fingerprint density at radius 3 is 2.54 bits per heavy atom. The van der Waals surface area contributed by atoms with Crippen LogP contribution in [0.4, 0.5) is 15.9 Å². The zero-order chi connectivity index (χ0) is 25.2. The number of primary amides is 1. The largest absolute Gasteiger partial charge is 0.457 e. The Kier molecular flexibility index (Phi) is 6.48. The molecule has 178 valence electrons. The fourth-order valence-corrected chi connectivity index (χ4v) is 3.77. The van der Waals surface area contributed by atoms with Crippen molar-refractivity contribution in [3.8, 4) is 11.5 Å². The van der Waals surface area contributed by atoms with Gasteiger partial charge in [0.25, 0.3) is 0 Å². The molecule has 0 aliphatic rings. The number of carbonyl (C=O) groups excluding carboxylic acids is 1. The van der Waals surface area contributed by atoms with Crippen LogP contribution < -0.4 is 15.8 Å². The van der Waals surface area contributed by atoms with E-state index in [1.807, 2.05) is 0 Å². The lowest BCUT2D eigenvalue weighted by atomic mass is 9.96. The molecule has 1 aromatic heterocycles. The quantitative estimate of drug-likeness (QED) is 0.310. The van der Waals surface area contributed by atoms with Gasteiger partial charge in [0, 0.05) is 28.3 Å². The summed E-state index contributed by atoms with van der Waals surface area (Å²) in [7, 11) is 0. The Labute approximate surface area is 202 Å². The Hall–Kier alpha value is -4.30. The first-order valence-electron chi connectivity index (χ1n) is 10.9. The highest BCUT2D eigenvalue weighted by Crippen LogP contribution is 2.36. The molecule has 8 heteroatoms. The van der Waals surface area contributed by atoms with Crippen molar-refractivity contribution < 1.29 is 19.0 Å². The molecule has 3 aromatic carbocycles. The third-order valence-electron chi connectivity index (χ3n) is 5.44. The summed E-state index contributed by atoms with van der Waals surface area (Å²) in [5.74, 6) is 0.330. The minimum atomic E-state index is -1.23. The Bertz CT molecular complexity index is 1440. The first-order chi connectivity index (χ1) is 16.7. The molecule has 4 rings (SSSR count). The number of allylic oxidation sites excluding steroid dienone is 1. The number of carbonyl (C=O) groups is 1. The summed E-state index contributed by atoms with van der Waals surface area (Å²) >= 11 is 0. The molecule has 0 atom stereocenters. The zero-order valence-corrected chi connectivity index (χ0v) is 19.5. The summed E-state index contributed by atoms with van der Waals surface area (Å²) in [6.45, 7) is 5.05. The summed E-state index contributed by atoms with van der Waals surface area (Å²) in [4.78, 5) is 20.5. The Morgan fingerprint density at radius 2 is 1.86 bits per heavy atom. The highest BCUT2D eigenvalue weighted by Gasteiger charge is 2.22. The van der Waals surface area contributed by atoms with Crippen LogP contribution in [0, 0.1) is 5.82 Å². The molecule has 0 radical (unpaired) electrons. The number of nitrogens with two attached hydrogens (primary N) is 1. The Balaban J connectivity index is 1.75. The van der Waals surface area contributed by atoms with E-state index in [0.717, 1.165) is 0 Å². The molecule has 0 aliphatic heterocycles. The molecule has 0 bridgehead atoms. The van der Waals surface area contributed by atoms with Crippen LogP contribution in [-0.2, 0) is 10.4 Å². The van der Waals surface area contributed by atoms with Gasteiger partial charge in [-0.05, 0) is 68.8 Å². The second kappa shape index (κ2) is 9.52. The van der Waals surface area contributed by atoms with Crippen molar-refractivity contribution >= 4 is 33.9 Å². The number of aliphatic hydroxyl groups is 1. The van der Waals surface area contributed by atoms with Crippen LogP contribution in [0.3, 0.4) is 0 Å². The van der Waals surface area contributed by atoms with Crippen LogP contribution in [-0.4, -0.2) is 21.0 Å². The number of anilines is 2. The van der Waals surface area contributed by atoms with Gasteiger partial charge in [0.2, 0.25) is 5.91 Å². The molecule has 0 spiro atoms. The van der Waals surface area contributed by atoms with E-state index in [-0.39, 0.29) is 0 Å². The smallest absolute Gasteiger partial charge is 0.248 e. The maximum atomic E-state index is 13.5. The van der Waals surface area contributed by atoms with Crippen molar-refractivity contribution in [1.29, 1.82) is 0 Å². The summed E-state index contributed by atoms with van der Waals surface area (Å²) in [6, 6.07) is 16.3. The number of halogens is 1. The van der Waals surface area contributed by atoms with Gasteiger partial charge >= 0.3 is 0 Å². The van der Waals surface area contributed by atoms with Crippen molar-refractivity contribution in [2.45, 2.75) is 26.4 Å². The monoisotopic (exact) mass is 472 g/mol. The van der Waals surface area contributed by atoms with Crippen LogP contribution in [0.2, 0.25) is 0 Å². The number of hydrogen-bond acceptors (Lipinski definition) is 6. The lowest BCUT2D eigenvalue weighted by Crippen LogP contribution is -2.18. The Morgan fingerprint density at radius 1 is 1.09 bits per heavy atom. The fourth-order valence-electron chi connectivity index (χ4n) is 3.77. The number of aromatic nitrogens is 2. The topological polar surface area (TPSA) is 110 Å². The summed E-state index contributed by atoms with van der Waals surface area (Å²) in [5, 5.41) is 14.8. The molecule has 0 saturated carbocycles. The maximum Gasteiger partial charge on any atom is 0.248 e. The number of rotatable bonds is 7. The van der Waals surface area contributed by atoms with Crippen LogP contribution >= 0.6 is 0 Å². The SMILES string of the molecule is CC=C(C(N)=O)c1ccc2ncnc(Nc3ccc(Oc4cccc(F)c4)cc3C(C)(C)O)c2c1. The normalized spacial score (nSPS) is 12.0. The van der Waals surface area contributed by atoms with Crippen LogP contribution in [0.15, 0.2) is 73.1 Å². The van der Waals surface area contributed by atoms with Gasteiger partial charge in [-0.15, -0.1) is 0 Å². The summed E-state index contributed by atoms with van der Waals surface area (Å²) in [6.07, 6.45) is 3.09. The van der Waals surface area contributed by atoms with Crippen molar-refractivity contribution in [1.82, 2.24) is 9.97 Å². The van der Waals surface area contributed by atoms with E-state index in [2.05, 4.69) is 15.3 Å². The molecule has 0 fully saturated rings. The third kappa shape index (κ3) is 5.28.